The van der Waals surface area contributed by atoms with Gasteiger partial charge < -0.3 is 4.74 Å². The lowest BCUT2D eigenvalue weighted by atomic mass is 9.90. The molecule has 1 aromatic carbocycles. The van der Waals surface area contributed by atoms with Crippen LogP contribution in [0.2, 0.25) is 0 Å². The van der Waals surface area contributed by atoms with Gasteiger partial charge in [-0.05, 0) is 54.5 Å². The van der Waals surface area contributed by atoms with E-state index in [1.165, 1.54) is 28.2 Å². The first-order chi connectivity index (χ1) is 12.1. The van der Waals surface area contributed by atoms with E-state index in [0.29, 0.717) is 23.0 Å². The number of hydrogen-bond donors (Lipinski definition) is 2. The predicted octanol–water partition coefficient (Wildman–Crippen LogP) is 3.09. The Balaban J connectivity index is 1.60. The molecule has 1 aliphatic rings. The van der Waals surface area contributed by atoms with Crippen molar-refractivity contribution >= 4 is 23.2 Å². The van der Waals surface area contributed by atoms with E-state index in [2.05, 4.69) is 17.8 Å². The van der Waals surface area contributed by atoms with Crippen molar-refractivity contribution in [3.8, 4) is 0 Å². The molecular weight excluding hydrogens is 336 g/mol. The second-order valence-corrected chi connectivity index (χ2v) is 7.59. The molecule has 132 valence electrons. The second kappa shape index (κ2) is 7.80. The topological polar surface area (TPSA) is 67.4 Å². The van der Waals surface area contributed by atoms with Gasteiger partial charge in [0.25, 0.3) is 11.8 Å². The van der Waals surface area contributed by atoms with Gasteiger partial charge in [-0.3, -0.25) is 20.4 Å². The van der Waals surface area contributed by atoms with Gasteiger partial charge in [-0.1, -0.05) is 19.1 Å². The third-order valence-corrected chi connectivity index (χ3v) is 5.58. The molecule has 3 rings (SSSR count). The summed E-state index contributed by atoms with van der Waals surface area (Å²) in [5.41, 5.74) is 7.65. The van der Waals surface area contributed by atoms with Gasteiger partial charge in [0.15, 0.2) is 0 Å². The molecule has 6 heteroatoms. The van der Waals surface area contributed by atoms with Gasteiger partial charge >= 0.3 is 0 Å². The summed E-state index contributed by atoms with van der Waals surface area (Å²) in [6.45, 7) is 2.67. The molecule has 0 bridgehead atoms. The molecule has 0 radical (unpaired) electrons. The number of fused-ring (bicyclic) bond motifs is 1. The van der Waals surface area contributed by atoms with Gasteiger partial charge in [-0.15, -0.1) is 11.3 Å². The van der Waals surface area contributed by atoms with E-state index in [-0.39, 0.29) is 11.8 Å². The molecule has 1 aromatic heterocycles. The highest BCUT2D eigenvalue weighted by atomic mass is 32.1. The fourth-order valence-electron chi connectivity index (χ4n) is 3.03. The summed E-state index contributed by atoms with van der Waals surface area (Å²) in [5.74, 6) is 0.0479. The highest BCUT2D eigenvalue weighted by Gasteiger charge is 2.21. The molecule has 2 amide bonds. The lowest BCUT2D eigenvalue weighted by Gasteiger charge is -2.16. The number of hydrogen-bond acceptors (Lipinski definition) is 4. The van der Waals surface area contributed by atoms with Crippen molar-refractivity contribution in [2.24, 2.45) is 5.92 Å². The Labute approximate surface area is 151 Å². The summed E-state index contributed by atoms with van der Waals surface area (Å²) in [6.07, 6.45) is 3.23. The van der Waals surface area contributed by atoms with Gasteiger partial charge in [0.1, 0.15) is 0 Å². The van der Waals surface area contributed by atoms with E-state index in [1.807, 2.05) is 12.1 Å². The zero-order valence-electron chi connectivity index (χ0n) is 14.4. The molecule has 0 unspecified atom stereocenters. The van der Waals surface area contributed by atoms with Gasteiger partial charge in [0.2, 0.25) is 0 Å². The Morgan fingerprint density at radius 2 is 2.04 bits per heavy atom. The van der Waals surface area contributed by atoms with Crippen LogP contribution in [0, 0.1) is 5.92 Å². The van der Waals surface area contributed by atoms with Crippen molar-refractivity contribution in [3.63, 3.8) is 0 Å². The first kappa shape index (κ1) is 17.6. The molecule has 0 aliphatic heterocycles. The van der Waals surface area contributed by atoms with Crippen molar-refractivity contribution in [3.05, 3.63) is 56.8 Å². The number of carbonyl (C=O) groups is 2. The van der Waals surface area contributed by atoms with E-state index in [9.17, 15) is 9.59 Å². The van der Waals surface area contributed by atoms with Crippen LogP contribution in [0.1, 0.15) is 49.4 Å². The lowest BCUT2D eigenvalue weighted by molar-refractivity contribution is 0.0848. The number of rotatable bonds is 4. The highest BCUT2D eigenvalue weighted by molar-refractivity contribution is 7.14. The van der Waals surface area contributed by atoms with Crippen molar-refractivity contribution in [1.29, 1.82) is 0 Å². The van der Waals surface area contributed by atoms with Gasteiger partial charge in [-0.25, -0.2) is 0 Å². The lowest BCUT2D eigenvalue weighted by Crippen LogP contribution is -2.41. The standard InChI is InChI=1S/C19H22N2O3S/c1-12-6-7-16-15(8-12)10-17(25-16)19(23)21-20-18(22)14-5-3-4-13(9-14)11-24-2/h3-5,9-10,12H,6-8,11H2,1-2H3,(H,20,22)(H,21,23)/t12-/m1/s1. The Hall–Kier alpha value is -2.18. The third-order valence-electron chi connectivity index (χ3n) is 4.34. The first-order valence-corrected chi connectivity index (χ1v) is 9.18. The predicted molar refractivity (Wildman–Crippen MR) is 97.6 cm³/mol. The average molecular weight is 358 g/mol. The summed E-state index contributed by atoms with van der Waals surface area (Å²) in [7, 11) is 1.61. The fraction of sp³-hybridized carbons (Fsp3) is 0.368. The fourth-order valence-corrected chi connectivity index (χ4v) is 4.14. The van der Waals surface area contributed by atoms with E-state index < -0.39 is 0 Å². The molecular formula is C19H22N2O3S. The minimum absolute atomic E-state index is 0.270. The molecule has 1 atom stereocenters. The number of benzene rings is 1. The van der Waals surface area contributed by atoms with Crippen LogP contribution in [0.4, 0.5) is 0 Å². The smallest absolute Gasteiger partial charge is 0.279 e. The number of thiophene rings is 1. The number of amides is 2. The summed E-state index contributed by atoms with van der Waals surface area (Å²) < 4.78 is 5.07. The molecule has 0 saturated heterocycles. The van der Waals surface area contributed by atoms with E-state index in [4.69, 9.17) is 4.74 Å². The third kappa shape index (κ3) is 4.27. The summed E-state index contributed by atoms with van der Waals surface area (Å²) >= 11 is 1.52. The van der Waals surface area contributed by atoms with Crippen molar-refractivity contribution in [1.82, 2.24) is 10.9 Å². The van der Waals surface area contributed by atoms with Crippen LogP contribution in [0.3, 0.4) is 0 Å². The largest absolute Gasteiger partial charge is 0.380 e. The Morgan fingerprint density at radius 3 is 2.84 bits per heavy atom. The Kier molecular flexibility index (Phi) is 5.50. The molecule has 0 fully saturated rings. The van der Waals surface area contributed by atoms with Crippen LogP contribution < -0.4 is 10.9 Å². The zero-order chi connectivity index (χ0) is 17.8. The summed E-state index contributed by atoms with van der Waals surface area (Å²) in [5, 5.41) is 0. The normalized spacial score (nSPS) is 16.2. The number of hydrazine groups is 1. The van der Waals surface area contributed by atoms with Crippen LogP contribution in [0.15, 0.2) is 30.3 Å². The van der Waals surface area contributed by atoms with E-state index in [0.717, 1.165) is 18.4 Å². The van der Waals surface area contributed by atoms with Crippen LogP contribution in [0.5, 0.6) is 0 Å². The second-order valence-electron chi connectivity index (χ2n) is 6.45. The van der Waals surface area contributed by atoms with Crippen LogP contribution in [-0.2, 0) is 24.2 Å². The van der Waals surface area contributed by atoms with Crippen LogP contribution in [0.25, 0.3) is 0 Å². The maximum Gasteiger partial charge on any atom is 0.279 e. The molecule has 1 heterocycles. The quantitative estimate of drug-likeness (QED) is 0.826. The van der Waals surface area contributed by atoms with Crippen LogP contribution in [-0.4, -0.2) is 18.9 Å². The number of methoxy groups -OCH3 is 1. The molecule has 0 saturated carbocycles. The summed E-state index contributed by atoms with van der Waals surface area (Å²) in [4.78, 5) is 26.5. The number of nitrogens with one attached hydrogen (secondary N) is 2. The number of aryl methyl sites for hydroxylation is 1. The Morgan fingerprint density at radius 1 is 1.24 bits per heavy atom. The van der Waals surface area contributed by atoms with E-state index >= 15 is 0 Å². The Bertz CT molecular complexity index is 785. The maximum absolute atomic E-state index is 12.3. The minimum Gasteiger partial charge on any atom is -0.380 e. The molecule has 25 heavy (non-hydrogen) atoms. The van der Waals surface area contributed by atoms with Crippen LogP contribution >= 0.6 is 11.3 Å². The number of carbonyl (C=O) groups excluding carboxylic acids is 2. The van der Waals surface area contributed by atoms with Gasteiger partial charge in [0, 0.05) is 17.6 Å². The van der Waals surface area contributed by atoms with Crippen molar-refractivity contribution < 1.29 is 14.3 Å². The van der Waals surface area contributed by atoms with E-state index in [1.54, 1.807) is 25.3 Å². The highest BCUT2D eigenvalue weighted by Crippen LogP contribution is 2.32. The zero-order valence-corrected chi connectivity index (χ0v) is 15.2. The monoisotopic (exact) mass is 358 g/mol. The minimum atomic E-state index is -0.346. The SMILES string of the molecule is COCc1cccc(C(=O)NNC(=O)c2cc3c(s2)CC[C@@H](C)C3)c1. The molecule has 2 N–H and O–H groups in total. The van der Waals surface area contributed by atoms with Gasteiger partial charge in [-0.2, -0.15) is 0 Å². The van der Waals surface area contributed by atoms with Crippen molar-refractivity contribution in [2.45, 2.75) is 32.8 Å². The maximum atomic E-state index is 12.3. The summed E-state index contributed by atoms with van der Waals surface area (Å²) in [6, 6.07) is 9.08. The molecule has 0 spiro atoms. The average Bonchev–Trinajstić information content (AvgIpc) is 3.03. The number of ether oxygens (including phenoxy) is 1. The molecule has 5 nitrogen and oxygen atoms in total. The van der Waals surface area contributed by atoms with Crippen molar-refractivity contribution in [2.75, 3.05) is 7.11 Å². The first-order valence-electron chi connectivity index (χ1n) is 8.37. The molecule has 1 aliphatic carbocycles. The van der Waals surface area contributed by atoms with Gasteiger partial charge in [0.05, 0.1) is 11.5 Å². The molecule has 2 aromatic rings.